The summed E-state index contributed by atoms with van der Waals surface area (Å²) in [4.78, 5) is 25.8. The SMILES string of the molecule is CC.CNc1cc(C(=O)N(C)[C@@H]2CCCNC2)c(C(F)(F)F)cc1SC(C)(C)C=O. The van der Waals surface area contributed by atoms with Crippen molar-refractivity contribution < 1.29 is 22.8 Å². The van der Waals surface area contributed by atoms with Crippen molar-refractivity contribution in [2.45, 2.75) is 62.4 Å². The van der Waals surface area contributed by atoms with Crippen LogP contribution in [0.2, 0.25) is 0 Å². The number of piperidine rings is 1. The molecule has 2 rings (SSSR count). The maximum atomic E-state index is 13.8. The van der Waals surface area contributed by atoms with E-state index in [1.54, 1.807) is 20.9 Å². The second-order valence-electron chi connectivity index (χ2n) is 7.38. The topological polar surface area (TPSA) is 61.4 Å². The van der Waals surface area contributed by atoms with Gasteiger partial charge in [-0.25, -0.2) is 0 Å². The number of carbonyl (C=O) groups is 2. The maximum Gasteiger partial charge on any atom is 0.417 e. The number of thioether (sulfide) groups is 1. The molecule has 1 fully saturated rings. The number of hydrogen-bond donors (Lipinski definition) is 2. The lowest BCUT2D eigenvalue weighted by atomic mass is 10.0. The van der Waals surface area contributed by atoms with E-state index in [9.17, 15) is 22.8 Å². The molecular weight excluding hydrogens is 415 g/mol. The Kier molecular flexibility index (Phi) is 9.68. The summed E-state index contributed by atoms with van der Waals surface area (Å²) in [5.74, 6) is -0.663. The molecule has 1 aromatic rings. The summed E-state index contributed by atoms with van der Waals surface area (Å²) in [6.45, 7) is 8.65. The predicted molar refractivity (Wildman–Crippen MR) is 116 cm³/mol. The van der Waals surface area contributed by atoms with Crippen LogP contribution in [0.1, 0.15) is 56.5 Å². The fourth-order valence-corrected chi connectivity index (χ4v) is 4.16. The second kappa shape index (κ2) is 11.0. The van der Waals surface area contributed by atoms with E-state index in [0.717, 1.165) is 37.2 Å². The van der Waals surface area contributed by atoms with Crippen molar-refractivity contribution in [3.8, 4) is 0 Å². The number of halogens is 3. The number of alkyl halides is 3. The van der Waals surface area contributed by atoms with E-state index in [2.05, 4.69) is 10.6 Å². The number of nitrogens with one attached hydrogen (secondary N) is 2. The van der Waals surface area contributed by atoms with E-state index in [4.69, 9.17) is 0 Å². The Bertz CT molecular complexity index is 733. The van der Waals surface area contributed by atoms with Gasteiger partial charge in [-0.05, 0) is 45.4 Å². The highest BCUT2D eigenvalue weighted by Gasteiger charge is 2.38. The summed E-state index contributed by atoms with van der Waals surface area (Å²) >= 11 is 1.02. The molecule has 2 N–H and O–H groups in total. The van der Waals surface area contributed by atoms with Crippen LogP contribution in [0.15, 0.2) is 17.0 Å². The molecule has 170 valence electrons. The molecule has 0 aliphatic carbocycles. The van der Waals surface area contributed by atoms with Gasteiger partial charge in [0.2, 0.25) is 0 Å². The molecule has 0 saturated carbocycles. The van der Waals surface area contributed by atoms with Crippen molar-refractivity contribution in [3.05, 3.63) is 23.3 Å². The third kappa shape index (κ3) is 6.63. The van der Waals surface area contributed by atoms with Gasteiger partial charge in [-0.1, -0.05) is 13.8 Å². The lowest BCUT2D eigenvalue weighted by Gasteiger charge is -2.32. The van der Waals surface area contributed by atoms with Crippen LogP contribution < -0.4 is 10.6 Å². The van der Waals surface area contributed by atoms with Gasteiger partial charge in [0, 0.05) is 37.3 Å². The molecule has 1 amide bonds. The van der Waals surface area contributed by atoms with Crippen LogP contribution in [0, 0.1) is 0 Å². The van der Waals surface area contributed by atoms with E-state index in [1.165, 1.54) is 18.0 Å². The number of aldehydes is 1. The van der Waals surface area contributed by atoms with E-state index in [-0.39, 0.29) is 10.9 Å². The number of amides is 1. The predicted octanol–water partition coefficient (Wildman–Crippen LogP) is 4.67. The first-order valence-electron chi connectivity index (χ1n) is 10.1. The fourth-order valence-electron chi connectivity index (χ4n) is 3.10. The fraction of sp³-hybridized carbons (Fsp3) is 0.619. The molecule has 1 saturated heterocycles. The third-order valence-electron chi connectivity index (χ3n) is 4.72. The first-order chi connectivity index (χ1) is 14.0. The van der Waals surface area contributed by atoms with Gasteiger partial charge >= 0.3 is 6.18 Å². The summed E-state index contributed by atoms with van der Waals surface area (Å²) in [5.41, 5.74) is -0.999. The van der Waals surface area contributed by atoms with Gasteiger partial charge in [-0.15, -0.1) is 11.8 Å². The quantitative estimate of drug-likeness (QED) is 0.490. The highest BCUT2D eigenvalue weighted by molar-refractivity contribution is 8.01. The number of carbonyl (C=O) groups excluding carboxylic acids is 2. The standard InChI is InChI=1S/C19H26F3N3O2S.C2H6/c1-18(2,11-26)28-16-9-14(19(20,21)22)13(8-15(16)23-3)17(27)25(4)12-6-5-7-24-10-12;1-2/h8-9,11-12,23-24H,5-7,10H2,1-4H3;1-2H3/t12-;/m1./s1. The molecular formula is C21H32F3N3O2S. The van der Waals surface area contributed by atoms with E-state index < -0.39 is 28.0 Å². The van der Waals surface area contributed by atoms with Crippen LogP contribution in [0.4, 0.5) is 18.9 Å². The monoisotopic (exact) mass is 447 g/mol. The minimum Gasteiger partial charge on any atom is -0.387 e. The summed E-state index contributed by atoms with van der Waals surface area (Å²) in [7, 11) is 3.11. The number of rotatable bonds is 6. The summed E-state index contributed by atoms with van der Waals surface area (Å²) in [6, 6.07) is 2.05. The Morgan fingerprint density at radius 1 is 1.30 bits per heavy atom. The molecule has 9 heteroatoms. The first-order valence-corrected chi connectivity index (χ1v) is 10.9. The Balaban J connectivity index is 0.00000218. The average Bonchev–Trinajstić information content (AvgIpc) is 2.73. The van der Waals surface area contributed by atoms with Crippen LogP contribution in [-0.2, 0) is 11.0 Å². The molecule has 0 radical (unpaired) electrons. The maximum absolute atomic E-state index is 13.8. The van der Waals surface area contributed by atoms with Gasteiger partial charge < -0.3 is 20.3 Å². The molecule has 1 atom stereocenters. The van der Waals surface area contributed by atoms with Gasteiger partial charge in [0.25, 0.3) is 5.91 Å². The van der Waals surface area contributed by atoms with Crippen molar-refractivity contribution >= 4 is 29.6 Å². The molecule has 0 spiro atoms. The summed E-state index contributed by atoms with van der Waals surface area (Å²) in [5, 5.41) is 6.01. The molecule has 30 heavy (non-hydrogen) atoms. The zero-order valence-corrected chi connectivity index (χ0v) is 19.3. The second-order valence-corrected chi connectivity index (χ2v) is 9.08. The number of likely N-dealkylation sites (N-methyl/N-ethyl adjacent to an activating group) is 1. The number of anilines is 1. The molecule has 1 aromatic carbocycles. The van der Waals surface area contributed by atoms with Crippen molar-refractivity contribution in [2.75, 3.05) is 32.5 Å². The average molecular weight is 448 g/mol. The summed E-state index contributed by atoms with van der Waals surface area (Å²) in [6.07, 6.45) is -2.39. The van der Waals surface area contributed by atoms with Gasteiger partial charge in [-0.2, -0.15) is 13.2 Å². The Hall–Kier alpha value is -1.74. The molecule has 1 aliphatic heterocycles. The Morgan fingerprint density at radius 3 is 2.40 bits per heavy atom. The van der Waals surface area contributed by atoms with Crippen LogP contribution in [0.5, 0.6) is 0 Å². The number of nitrogens with zero attached hydrogens (tertiary/aromatic N) is 1. The lowest BCUT2D eigenvalue weighted by Crippen LogP contribution is -2.47. The molecule has 0 unspecified atom stereocenters. The smallest absolute Gasteiger partial charge is 0.387 e. The minimum atomic E-state index is -4.69. The van der Waals surface area contributed by atoms with Crippen LogP contribution in [-0.4, -0.2) is 55.1 Å². The molecule has 5 nitrogen and oxygen atoms in total. The Labute approximate surface area is 181 Å². The molecule has 0 bridgehead atoms. The summed E-state index contributed by atoms with van der Waals surface area (Å²) < 4.78 is 40.4. The van der Waals surface area contributed by atoms with Crippen molar-refractivity contribution in [2.24, 2.45) is 0 Å². The Morgan fingerprint density at radius 2 is 1.93 bits per heavy atom. The molecule has 1 aliphatic rings. The zero-order valence-electron chi connectivity index (χ0n) is 18.4. The molecule has 0 aromatic heterocycles. The zero-order chi connectivity index (χ0) is 23.1. The van der Waals surface area contributed by atoms with Crippen LogP contribution >= 0.6 is 11.8 Å². The van der Waals surface area contributed by atoms with Crippen LogP contribution in [0.3, 0.4) is 0 Å². The lowest BCUT2D eigenvalue weighted by molar-refractivity contribution is -0.138. The van der Waals surface area contributed by atoms with Gasteiger partial charge in [-0.3, -0.25) is 4.79 Å². The van der Waals surface area contributed by atoms with Crippen LogP contribution in [0.25, 0.3) is 0 Å². The number of hydrogen-bond acceptors (Lipinski definition) is 5. The van der Waals surface area contributed by atoms with Crippen molar-refractivity contribution in [1.82, 2.24) is 10.2 Å². The largest absolute Gasteiger partial charge is 0.417 e. The van der Waals surface area contributed by atoms with Crippen molar-refractivity contribution in [3.63, 3.8) is 0 Å². The number of benzene rings is 1. The normalized spacial score (nSPS) is 16.9. The first kappa shape index (κ1) is 26.3. The highest BCUT2D eigenvalue weighted by Crippen LogP contribution is 2.42. The van der Waals surface area contributed by atoms with E-state index in [1.807, 2.05) is 13.8 Å². The molecule has 1 heterocycles. The van der Waals surface area contributed by atoms with Crippen molar-refractivity contribution in [1.29, 1.82) is 0 Å². The minimum absolute atomic E-state index is 0.150. The third-order valence-corrected chi connectivity index (χ3v) is 5.90. The van der Waals surface area contributed by atoms with E-state index >= 15 is 0 Å². The highest BCUT2D eigenvalue weighted by atomic mass is 32.2. The van der Waals surface area contributed by atoms with Gasteiger partial charge in [0.1, 0.15) is 6.29 Å². The van der Waals surface area contributed by atoms with E-state index in [0.29, 0.717) is 18.5 Å². The van der Waals surface area contributed by atoms with Gasteiger partial charge in [0.05, 0.1) is 15.9 Å². The van der Waals surface area contributed by atoms with Gasteiger partial charge in [0.15, 0.2) is 0 Å².